The number of fused-ring (bicyclic) bond motifs is 1. The molecule has 1 amide bonds. The summed E-state index contributed by atoms with van der Waals surface area (Å²) >= 11 is 0. The molecule has 1 fully saturated rings. The van der Waals surface area contributed by atoms with Crippen molar-refractivity contribution in [2.24, 2.45) is 11.7 Å². The van der Waals surface area contributed by atoms with E-state index in [-0.39, 0.29) is 11.5 Å². The molecule has 1 unspecified atom stereocenters. The fourth-order valence-corrected chi connectivity index (χ4v) is 2.26. The number of carbonyl (C=O) groups is 1. The molecule has 3 rings (SSSR count). The SMILES string of the molecule is NC1C(=O)N(CC2CC2)c2cc(F)cc(F)c21. The Kier molecular flexibility index (Phi) is 2.19. The molecule has 1 aromatic carbocycles. The van der Waals surface area contributed by atoms with Gasteiger partial charge in [0.2, 0.25) is 5.91 Å². The van der Waals surface area contributed by atoms with Gasteiger partial charge in [0.1, 0.15) is 17.7 Å². The Labute approximate surface area is 97.2 Å². The highest BCUT2D eigenvalue weighted by Gasteiger charge is 2.40. The maximum atomic E-state index is 13.6. The number of hydrogen-bond acceptors (Lipinski definition) is 2. The van der Waals surface area contributed by atoms with Crippen LogP contribution < -0.4 is 10.6 Å². The minimum atomic E-state index is -0.996. The Morgan fingerprint density at radius 3 is 2.71 bits per heavy atom. The van der Waals surface area contributed by atoms with Crippen LogP contribution in [0.3, 0.4) is 0 Å². The second-order valence-electron chi connectivity index (χ2n) is 4.69. The number of hydrogen-bond donors (Lipinski definition) is 1. The first-order valence-corrected chi connectivity index (χ1v) is 5.64. The first-order valence-electron chi connectivity index (χ1n) is 5.64. The number of anilines is 1. The van der Waals surface area contributed by atoms with Crippen molar-refractivity contribution in [1.82, 2.24) is 0 Å². The van der Waals surface area contributed by atoms with Crippen molar-refractivity contribution < 1.29 is 13.6 Å². The summed E-state index contributed by atoms with van der Waals surface area (Å²) in [7, 11) is 0. The van der Waals surface area contributed by atoms with Crippen LogP contribution in [0.2, 0.25) is 0 Å². The second-order valence-corrected chi connectivity index (χ2v) is 4.69. The normalized spacial score (nSPS) is 23.1. The zero-order valence-corrected chi connectivity index (χ0v) is 9.12. The molecule has 0 spiro atoms. The quantitative estimate of drug-likeness (QED) is 0.852. The van der Waals surface area contributed by atoms with Gasteiger partial charge in [-0.25, -0.2) is 8.78 Å². The van der Waals surface area contributed by atoms with E-state index < -0.39 is 17.7 Å². The van der Waals surface area contributed by atoms with E-state index in [1.807, 2.05) is 0 Å². The predicted molar refractivity (Wildman–Crippen MR) is 58.4 cm³/mol. The van der Waals surface area contributed by atoms with E-state index in [9.17, 15) is 13.6 Å². The van der Waals surface area contributed by atoms with E-state index in [4.69, 9.17) is 5.73 Å². The van der Waals surface area contributed by atoms with Crippen molar-refractivity contribution in [1.29, 1.82) is 0 Å². The summed E-state index contributed by atoms with van der Waals surface area (Å²) < 4.78 is 26.8. The first kappa shape index (κ1) is 10.7. The molecule has 0 bridgehead atoms. The van der Waals surface area contributed by atoms with E-state index in [1.165, 1.54) is 11.0 Å². The van der Waals surface area contributed by atoms with Gasteiger partial charge in [0.25, 0.3) is 0 Å². The summed E-state index contributed by atoms with van der Waals surface area (Å²) in [5.74, 6) is -1.30. The Bertz CT molecular complexity index is 500. The maximum absolute atomic E-state index is 13.6. The van der Waals surface area contributed by atoms with E-state index >= 15 is 0 Å². The number of benzene rings is 1. The number of amides is 1. The van der Waals surface area contributed by atoms with Crippen molar-refractivity contribution in [3.63, 3.8) is 0 Å². The smallest absolute Gasteiger partial charge is 0.248 e. The molecule has 0 aromatic heterocycles. The molecule has 1 saturated carbocycles. The van der Waals surface area contributed by atoms with Crippen LogP contribution in [0.25, 0.3) is 0 Å². The maximum Gasteiger partial charge on any atom is 0.248 e. The summed E-state index contributed by atoms with van der Waals surface area (Å²) in [6.45, 7) is 0.516. The van der Waals surface area contributed by atoms with Gasteiger partial charge in [-0.1, -0.05) is 0 Å². The Morgan fingerprint density at radius 2 is 2.06 bits per heavy atom. The summed E-state index contributed by atoms with van der Waals surface area (Å²) in [5, 5.41) is 0. The van der Waals surface area contributed by atoms with Crippen LogP contribution in [0, 0.1) is 17.6 Å². The zero-order chi connectivity index (χ0) is 12.2. The highest BCUT2D eigenvalue weighted by Crippen LogP contribution is 2.40. The lowest BCUT2D eigenvalue weighted by atomic mass is 10.1. The summed E-state index contributed by atoms with van der Waals surface area (Å²) in [6.07, 6.45) is 2.12. The van der Waals surface area contributed by atoms with Crippen molar-refractivity contribution in [2.75, 3.05) is 11.4 Å². The van der Waals surface area contributed by atoms with Crippen LogP contribution in [0.15, 0.2) is 12.1 Å². The monoisotopic (exact) mass is 238 g/mol. The standard InChI is InChI=1S/C12H12F2N2O/c13-7-3-8(14)10-9(4-7)16(5-6-1-2-6)12(17)11(10)15/h3-4,6,11H,1-2,5,15H2. The van der Waals surface area contributed by atoms with E-state index in [2.05, 4.69) is 0 Å². The molecule has 1 heterocycles. The van der Waals surface area contributed by atoms with Crippen molar-refractivity contribution in [3.8, 4) is 0 Å². The molecule has 3 nitrogen and oxygen atoms in total. The topological polar surface area (TPSA) is 46.3 Å². The van der Waals surface area contributed by atoms with Gasteiger partial charge in [0, 0.05) is 18.2 Å². The number of rotatable bonds is 2. The van der Waals surface area contributed by atoms with Crippen LogP contribution >= 0.6 is 0 Å². The molecular formula is C12H12F2N2O. The fraction of sp³-hybridized carbons (Fsp3) is 0.417. The third kappa shape index (κ3) is 1.61. The third-order valence-electron chi connectivity index (χ3n) is 3.34. The van der Waals surface area contributed by atoms with E-state index in [0.29, 0.717) is 18.2 Å². The van der Waals surface area contributed by atoms with Gasteiger partial charge in [-0.05, 0) is 24.8 Å². The van der Waals surface area contributed by atoms with Crippen LogP contribution in [-0.2, 0) is 4.79 Å². The first-order chi connectivity index (χ1) is 8.08. The largest absolute Gasteiger partial charge is 0.316 e. The van der Waals surface area contributed by atoms with E-state index in [1.54, 1.807) is 0 Å². The average molecular weight is 238 g/mol. The molecule has 2 N–H and O–H groups in total. The number of nitrogens with two attached hydrogens (primary N) is 1. The van der Waals surface area contributed by atoms with Crippen LogP contribution in [0.4, 0.5) is 14.5 Å². The minimum absolute atomic E-state index is 0.122. The Morgan fingerprint density at radius 1 is 1.35 bits per heavy atom. The van der Waals surface area contributed by atoms with Crippen molar-refractivity contribution >= 4 is 11.6 Å². The van der Waals surface area contributed by atoms with Gasteiger partial charge in [0.05, 0.1) is 5.69 Å². The predicted octanol–water partition coefficient (Wildman–Crippen LogP) is 1.72. The fourth-order valence-electron chi connectivity index (χ4n) is 2.26. The van der Waals surface area contributed by atoms with Crippen molar-refractivity contribution in [3.05, 3.63) is 29.3 Å². The molecule has 17 heavy (non-hydrogen) atoms. The van der Waals surface area contributed by atoms with Gasteiger partial charge in [-0.2, -0.15) is 0 Å². The lowest BCUT2D eigenvalue weighted by molar-refractivity contribution is -0.119. The van der Waals surface area contributed by atoms with Gasteiger partial charge >= 0.3 is 0 Å². The van der Waals surface area contributed by atoms with Crippen LogP contribution in [0.1, 0.15) is 24.4 Å². The van der Waals surface area contributed by atoms with Crippen molar-refractivity contribution in [2.45, 2.75) is 18.9 Å². The van der Waals surface area contributed by atoms with Gasteiger partial charge in [-0.15, -0.1) is 0 Å². The molecule has 1 atom stereocenters. The Balaban J connectivity index is 2.06. The third-order valence-corrected chi connectivity index (χ3v) is 3.34. The molecule has 1 aliphatic heterocycles. The number of nitrogens with zero attached hydrogens (tertiary/aromatic N) is 1. The summed E-state index contributed by atoms with van der Waals surface area (Å²) in [5.41, 5.74) is 6.09. The molecular weight excluding hydrogens is 226 g/mol. The number of halogens is 2. The van der Waals surface area contributed by atoms with Gasteiger partial charge < -0.3 is 10.6 Å². The lowest BCUT2D eigenvalue weighted by Crippen LogP contribution is -2.33. The number of carbonyl (C=O) groups excluding carboxylic acids is 1. The molecule has 1 aliphatic carbocycles. The van der Waals surface area contributed by atoms with Gasteiger partial charge in [-0.3, -0.25) is 4.79 Å². The van der Waals surface area contributed by atoms with E-state index in [0.717, 1.165) is 18.9 Å². The molecule has 1 aromatic rings. The average Bonchev–Trinajstić information content (AvgIpc) is 3.03. The molecule has 5 heteroatoms. The highest BCUT2D eigenvalue weighted by molar-refractivity contribution is 6.04. The highest BCUT2D eigenvalue weighted by atomic mass is 19.1. The minimum Gasteiger partial charge on any atom is -0.316 e. The molecule has 2 aliphatic rings. The summed E-state index contributed by atoms with van der Waals surface area (Å²) in [6, 6.07) is 0.961. The van der Waals surface area contributed by atoms with Gasteiger partial charge in [0.15, 0.2) is 0 Å². The lowest BCUT2D eigenvalue weighted by Gasteiger charge is -2.17. The molecule has 0 saturated heterocycles. The Hall–Kier alpha value is -1.49. The second kappa shape index (κ2) is 3.50. The van der Waals surface area contributed by atoms with Crippen LogP contribution in [0.5, 0.6) is 0 Å². The summed E-state index contributed by atoms with van der Waals surface area (Å²) in [4.78, 5) is 13.3. The van der Waals surface area contributed by atoms with Crippen LogP contribution in [-0.4, -0.2) is 12.5 Å². The molecule has 0 radical (unpaired) electrons. The molecule has 90 valence electrons. The zero-order valence-electron chi connectivity index (χ0n) is 9.12.